The van der Waals surface area contributed by atoms with Gasteiger partial charge >= 0.3 is 0 Å². The van der Waals surface area contributed by atoms with E-state index in [1.54, 1.807) is 4.52 Å². The van der Waals surface area contributed by atoms with Crippen molar-refractivity contribution >= 4 is 29.0 Å². The molecule has 1 aromatic carbocycles. The van der Waals surface area contributed by atoms with Crippen LogP contribution >= 0.6 is 11.8 Å². The summed E-state index contributed by atoms with van der Waals surface area (Å²) < 4.78 is 1.70. The van der Waals surface area contributed by atoms with Crippen molar-refractivity contribution in [2.24, 2.45) is 0 Å². The molecule has 0 saturated heterocycles. The maximum absolute atomic E-state index is 13.1. The van der Waals surface area contributed by atoms with E-state index in [2.05, 4.69) is 22.2 Å². The van der Waals surface area contributed by atoms with Gasteiger partial charge in [-0.2, -0.15) is 10.4 Å². The summed E-state index contributed by atoms with van der Waals surface area (Å²) in [6, 6.07) is 10.2. The largest absolute Gasteiger partial charge is 0.311 e. The number of carbonyl (C=O) groups is 1. The lowest BCUT2D eigenvalue weighted by atomic mass is 10.1. The number of hydrogen-bond donors (Lipinski definition) is 0. The summed E-state index contributed by atoms with van der Waals surface area (Å²) in [7, 11) is 0. The van der Waals surface area contributed by atoms with Crippen molar-refractivity contribution in [1.29, 1.82) is 5.26 Å². The molecule has 0 spiro atoms. The van der Waals surface area contributed by atoms with E-state index in [9.17, 15) is 10.1 Å². The van der Waals surface area contributed by atoms with Crippen molar-refractivity contribution in [2.45, 2.75) is 38.0 Å². The fourth-order valence-corrected chi connectivity index (χ4v) is 4.70. The molecule has 0 radical (unpaired) electrons. The van der Waals surface area contributed by atoms with Crippen LogP contribution < -0.4 is 4.90 Å². The molecular weight excluding hydrogens is 370 g/mol. The van der Waals surface area contributed by atoms with Crippen LogP contribution in [0.3, 0.4) is 0 Å². The molecule has 142 valence electrons. The molecule has 0 unspecified atom stereocenters. The fourth-order valence-electron chi connectivity index (χ4n) is 3.71. The van der Waals surface area contributed by atoms with E-state index in [-0.39, 0.29) is 5.91 Å². The van der Waals surface area contributed by atoms with Crippen molar-refractivity contribution in [3.63, 3.8) is 0 Å². The van der Waals surface area contributed by atoms with Gasteiger partial charge in [-0.25, -0.2) is 9.50 Å². The van der Waals surface area contributed by atoms with Crippen molar-refractivity contribution in [2.75, 3.05) is 17.2 Å². The van der Waals surface area contributed by atoms with Crippen molar-refractivity contribution in [3.05, 3.63) is 53.0 Å². The maximum Gasteiger partial charge on any atom is 0.227 e. The second kappa shape index (κ2) is 7.64. The second-order valence-electron chi connectivity index (χ2n) is 6.88. The Morgan fingerprint density at radius 3 is 2.96 bits per heavy atom. The third-order valence-electron chi connectivity index (χ3n) is 5.16. The Morgan fingerprint density at radius 1 is 1.32 bits per heavy atom. The number of aromatic nitrogens is 3. The molecule has 1 aliphatic rings. The van der Waals surface area contributed by atoms with E-state index < -0.39 is 0 Å². The Hall–Kier alpha value is -2.85. The topological polar surface area (TPSA) is 74.3 Å². The molecule has 0 fully saturated rings. The molecule has 0 bridgehead atoms. The van der Waals surface area contributed by atoms with Crippen LogP contribution in [0.1, 0.15) is 35.4 Å². The summed E-state index contributed by atoms with van der Waals surface area (Å²) in [5.74, 6) is 1.16. The number of para-hydroxylation sites is 1. The molecule has 3 aromatic rings. The predicted molar refractivity (Wildman–Crippen MR) is 110 cm³/mol. The van der Waals surface area contributed by atoms with Gasteiger partial charge in [0.1, 0.15) is 11.6 Å². The molecule has 0 aliphatic carbocycles. The normalized spacial score (nSPS) is 13.8. The average Bonchev–Trinajstić information content (AvgIpc) is 2.98. The number of benzene rings is 1. The van der Waals surface area contributed by atoms with Gasteiger partial charge < -0.3 is 4.90 Å². The number of hydrogen-bond acceptors (Lipinski definition) is 5. The number of carbonyl (C=O) groups excluding carboxylic acids is 1. The summed E-state index contributed by atoms with van der Waals surface area (Å²) >= 11 is 1.81. The van der Waals surface area contributed by atoms with Gasteiger partial charge in [0, 0.05) is 29.2 Å². The number of anilines is 1. The van der Waals surface area contributed by atoms with E-state index >= 15 is 0 Å². The van der Waals surface area contributed by atoms with E-state index in [1.165, 1.54) is 11.1 Å². The van der Waals surface area contributed by atoms with Crippen LogP contribution in [0.5, 0.6) is 0 Å². The van der Waals surface area contributed by atoms with Gasteiger partial charge in [0.15, 0.2) is 5.65 Å². The third-order valence-corrected chi connectivity index (χ3v) is 6.31. The Kier molecular flexibility index (Phi) is 5.05. The first-order valence-corrected chi connectivity index (χ1v) is 10.3. The number of nitriles is 1. The van der Waals surface area contributed by atoms with Gasteiger partial charge in [-0.3, -0.25) is 4.79 Å². The molecule has 0 atom stereocenters. The summed E-state index contributed by atoms with van der Waals surface area (Å²) in [4.78, 5) is 20.7. The summed E-state index contributed by atoms with van der Waals surface area (Å²) in [5.41, 5.74) is 4.86. The van der Waals surface area contributed by atoms with Crippen LogP contribution in [-0.2, 0) is 11.2 Å². The number of rotatable bonds is 3. The zero-order valence-electron chi connectivity index (χ0n) is 16.0. The van der Waals surface area contributed by atoms with Crippen LogP contribution in [-0.4, -0.2) is 32.8 Å². The standard InChI is InChI=1S/C21H21N5OS/c1-14-17(15(2)26-21(24-14)16(12-22)13-23-26)8-9-20(27)25-10-5-11-28-19-7-4-3-6-18(19)25/h3-4,6-7,13H,5,8-11H2,1-2H3. The SMILES string of the molecule is Cc1nc2c(C#N)cnn2c(C)c1CCC(=O)N1CCCSc2ccccc21. The fraction of sp³-hybridized carbons (Fsp3) is 0.333. The number of fused-ring (bicyclic) bond motifs is 2. The first-order chi connectivity index (χ1) is 13.6. The first kappa shape index (κ1) is 18.5. The zero-order valence-corrected chi connectivity index (χ0v) is 16.8. The van der Waals surface area contributed by atoms with Crippen LogP contribution in [0.15, 0.2) is 35.4 Å². The van der Waals surface area contributed by atoms with Crippen LogP contribution in [0.25, 0.3) is 5.65 Å². The molecule has 28 heavy (non-hydrogen) atoms. The molecule has 7 heteroatoms. The first-order valence-electron chi connectivity index (χ1n) is 9.36. The molecule has 1 aliphatic heterocycles. The molecule has 0 N–H and O–H groups in total. The van der Waals surface area contributed by atoms with Gasteiger partial charge in [-0.1, -0.05) is 12.1 Å². The number of aryl methyl sites for hydroxylation is 2. The Labute approximate surface area is 168 Å². The minimum atomic E-state index is 0.132. The summed E-state index contributed by atoms with van der Waals surface area (Å²) in [6.07, 6.45) is 3.55. The highest BCUT2D eigenvalue weighted by Crippen LogP contribution is 2.34. The van der Waals surface area contributed by atoms with Crippen LogP contribution in [0.4, 0.5) is 5.69 Å². The Morgan fingerprint density at radius 2 is 2.14 bits per heavy atom. The highest BCUT2D eigenvalue weighted by atomic mass is 32.2. The molecule has 2 aromatic heterocycles. The van der Waals surface area contributed by atoms with Crippen molar-refractivity contribution in [3.8, 4) is 6.07 Å². The van der Waals surface area contributed by atoms with E-state index in [0.717, 1.165) is 41.4 Å². The molecule has 0 saturated carbocycles. The van der Waals surface area contributed by atoms with Gasteiger partial charge in [0.05, 0.1) is 11.9 Å². The van der Waals surface area contributed by atoms with E-state index in [4.69, 9.17) is 0 Å². The van der Waals surface area contributed by atoms with Gasteiger partial charge in [-0.05, 0) is 50.1 Å². The highest BCUT2D eigenvalue weighted by Gasteiger charge is 2.22. The molecule has 6 nitrogen and oxygen atoms in total. The number of nitrogens with zero attached hydrogens (tertiary/aromatic N) is 5. The highest BCUT2D eigenvalue weighted by molar-refractivity contribution is 7.99. The number of thioether (sulfide) groups is 1. The van der Waals surface area contributed by atoms with E-state index in [1.807, 2.05) is 48.7 Å². The lowest BCUT2D eigenvalue weighted by molar-refractivity contribution is -0.118. The lowest BCUT2D eigenvalue weighted by Gasteiger charge is -2.23. The molecule has 3 heterocycles. The predicted octanol–water partition coefficient (Wildman–Crippen LogP) is 3.68. The smallest absolute Gasteiger partial charge is 0.227 e. The minimum absolute atomic E-state index is 0.132. The molecule has 1 amide bonds. The average molecular weight is 392 g/mol. The summed E-state index contributed by atoms with van der Waals surface area (Å²) in [6.45, 7) is 4.65. The molecular formula is C21H21N5OS. The van der Waals surface area contributed by atoms with Gasteiger partial charge in [0.2, 0.25) is 5.91 Å². The lowest BCUT2D eigenvalue weighted by Crippen LogP contribution is -2.32. The Balaban J connectivity index is 1.58. The van der Waals surface area contributed by atoms with Crippen LogP contribution in [0.2, 0.25) is 0 Å². The zero-order chi connectivity index (χ0) is 19.7. The van der Waals surface area contributed by atoms with Crippen molar-refractivity contribution in [1.82, 2.24) is 14.6 Å². The number of amides is 1. The maximum atomic E-state index is 13.1. The van der Waals surface area contributed by atoms with E-state index in [0.29, 0.717) is 24.1 Å². The summed E-state index contributed by atoms with van der Waals surface area (Å²) in [5, 5.41) is 13.5. The van der Waals surface area contributed by atoms with Gasteiger partial charge in [0.25, 0.3) is 0 Å². The minimum Gasteiger partial charge on any atom is -0.311 e. The third kappa shape index (κ3) is 3.25. The quantitative estimate of drug-likeness (QED) is 0.681. The van der Waals surface area contributed by atoms with Crippen LogP contribution in [0, 0.1) is 25.2 Å². The van der Waals surface area contributed by atoms with Crippen molar-refractivity contribution < 1.29 is 4.79 Å². The monoisotopic (exact) mass is 391 g/mol. The molecule has 4 rings (SSSR count). The Bertz CT molecular complexity index is 1100. The second-order valence-corrected chi connectivity index (χ2v) is 8.02. The van der Waals surface area contributed by atoms with Gasteiger partial charge in [-0.15, -0.1) is 11.8 Å².